The van der Waals surface area contributed by atoms with Gasteiger partial charge in [0.15, 0.2) is 0 Å². The number of esters is 1. The van der Waals surface area contributed by atoms with Crippen LogP contribution < -0.4 is 0 Å². The van der Waals surface area contributed by atoms with Gasteiger partial charge in [-0.2, -0.15) is 0 Å². The van der Waals surface area contributed by atoms with E-state index in [1.807, 2.05) is 20.8 Å². The van der Waals surface area contributed by atoms with Crippen LogP contribution in [-0.2, 0) is 23.9 Å². The van der Waals surface area contributed by atoms with Gasteiger partial charge in [0, 0.05) is 17.4 Å². The summed E-state index contributed by atoms with van der Waals surface area (Å²) in [5.41, 5.74) is -1.15. The number of nitrogens with zero attached hydrogens (tertiary/aromatic N) is 2. The Labute approximate surface area is 217 Å². The van der Waals surface area contributed by atoms with Crippen LogP contribution in [0.5, 0.6) is 0 Å². The molecule has 0 radical (unpaired) electrons. The van der Waals surface area contributed by atoms with Crippen LogP contribution in [0.1, 0.15) is 60.3 Å². The van der Waals surface area contributed by atoms with Gasteiger partial charge in [0.05, 0.1) is 37.2 Å². The summed E-state index contributed by atoms with van der Waals surface area (Å²) in [6.45, 7) is 13.9. The third kappa shape index (κ3) is 4.80. The fourth-order valence-corrected chi connectivity index (χ4v) is 7.37. The molecule has 9 heteroatoms. The molecule has 35 heavy (non-hydrogen) atoms. The number of hydrogen-bond acceptors (Lipinski definition) is 6. The van der Waals surface area contributed by atoms with Crippen LogP contribution in [0.15, 0.2) is 12.7 Å². The number of carbonyl (C=O) groups is 3. The molecule has 2 amide bonds. The van der Waals surface area contributed by atoms with Crippen LogP contribution in [0.4, 0.5) is 0 Å². The summed E-state index contributed by atoms with van der Waals surface area (Å²) in [6.07, 6.45) is 3.83. The molecule has 0 aliphatic carbocycles. The van der Waals surface area contributed by atoms with Crippen LogP contribution in [-0.4, -0.2) is 87.1 Å². The van der Waals surface area contributed by atoms with Gasteiger partial charge in [0.2, 0.25) is 11.8 Å². The lowest BCUT2D eigenvalue weighted by Gasteiger charge is -2.41. The summed E-state index contributed by atoms with van der Waals surface area (Å²) in [7, 11) is 0. The topological polar surface area (TPSA) is 96.4 Å². The van der Waals surface area contributed by atoms with E-state index in [1.54, 1.807) is 22.8 Å². The lowest BCUT2D eigenvalue weighted by Crippen LogP contribution is -2.60. The van der Waals surface area contributed by atoms with Gasteiger partial charge in [-0.25, -0.2) is 0 Å². The molecule has 2 bridgehead atoms. The fourth-order valence-electron chi connectivity index (χ4n) is 6.43. The van der Waals surface area contributed by atoms with Crippen LogP contribution in [0, 0.1) is 17.8 Å². The van der Waals surface area contributed by atoms with Crippen molar-refractivity contribution >= 4 is 33.7 Å². The highest BCUT2D eigenvalue weighted by Gasteiger charge is 2.77. The number of aliphatic hydroxyl groups excluding tert-OH is 1. The minimum atomic E-state index is -1.15. The molecule has 3 aliphatic heterocycles. The number of carbonyl (C=O) groups excluding carboxylic acids is 3. The summed E-state index contributed by atoms with van der Waals surface area (Å²) < 4.78 is 11.9. The molecule has 8 atom stereocenters. The standard InChI is InChI=1S/C26H41BrN2O6/c1-7-10-16(6)28(11-8-2)24(32)22-26-13-18(27)21(35-26)19(25(33)34-9-3)20(26)23(31)29(22)17(14-30)12-15(4)5/h8,15-22,30H,2,7,9-14H2,1,3-6H3/t16?,17-,18?,19+,20+,21+,22?,26?/m1/s1. The maximum atomic E-state index is 14.3. The highest BCUT2D eigenvalue weighted by Crippen LogP contribution is 2.61. The quantitative estimate of drug-likeness (QED) is 0.225. The molecule has 3 rings (SSSR count). The predicted octanol–water partition coefficient (Wildman–Crippen LogP) is 2.91. The van der Waals surface area contributed by atoms with E-state index in [2.05, 4.69) is 29.4 Å². The van der Waals surface area contributed by atoms with Gasteiger partial charge in [0.25, 0.3) is 0 Å². The summed E-state index contributed by atoms with van der Waals surface area (Å²) in [4.78, 5) is 44.6. The summed E-state index contributed by atoms with van der Waals surface area (Å²) in [5.74, 6) is -2.40. The zero-order valence-corrected chi connectivity index (χ0v) is 23.2. The molecule has 8 nitrogen and oxygen atoms in total. The lowest BCUT2D eigenvalue weighted by molar-refractivity contribution is -0.156. The van der Waals surface area contributed by atoms with Gasteiger partial charge in [-0.1, -0.05) is 49.2 Å². The van der Waals surface area contributed by atoms with Gasteiger partial charge in [-0.15, -0.1) is 6.58 Å². The van der Waals surface area contributed by atoms with E-state index in [0.717, 1.165) is 12.8 Å². The maximum absolute atomic E-state index is 14.3. The normalized spacial score (nSPS) is 33.1. The zero-order valence-electron chi connectivity index (χ0n) is 21.6. The maximum Gasteiger partial charge on any atom is 0.312 e. The van der Waals surface area contributed by atoms with E-state index in [9.17, 15) is 19.5 Å². The second kappa shape index (κ2) is 11.3. The molecule has 4 unspecified atom stereocenters. The Hall–Kier alpha value is -1.45. The van der Waals surface area contributed by atoms with Crippen LogP contribution >= 0.6 is 15.9 Å². The summed E-state index contributed by atoms with van der Waals surface area (Å²) in [5, 5.41) is 10.4. The van der Waals surface area contributed by atoms with E-state index in [0.29, 0.717) is 19.4 Å². The van der Waals surface area contributed by atoms with Crippen molar-refractivity contribution in [2.75, 3.05) is 19.8 Å². The first-order valence-corrected chi connectivity index (χ1v) is 13.8. The van der Waals surface area contributed by atoms with Gasteiger partial charge >= 0.3 is 5.97 Å². The minimum Gasteiger partial charge on any atom is -0.466 e. The van der Waals surface area contributed by atoms with Crippen molar-refractivity contribution in [2.24, 2.45) is 17.8 Å². The number of halogens is 1. The Kier molecular flexibility index (Phi) is 9.08. The molecule has 1 spiro atoms. The zero-order chi connectivity index (χ0) is 26.1. The van der Waals surface area contributed by atoms with Gasteiger partial charge in [-0.05, 0) is 39.0 Å². The van der Waals surface area contributed by atoms with E-state index in [1.165, 1.54) is 0 Å². The highest BCUT2D eigenvalue weighted by molar-refractivity contribution is 9.09. The Balaban J connectivity index is 2.13. The Morgan fingerprint density at radius 2 is 2.06 bits per heavy atom. The second-order valence-corrected chi connectivity index (χ2v) is 11.7. The number of ether oxygens (including phenoxy) is 2. The SMILES string of the molecule is C=CCN(C(=O)C1N([C@@H](CO)CC(C)C)C(=O)[C@@H]2[C@H](C(=O)OCC)[C@H]3OC12CC3Br)C(C)CCC. The largest absolute Gasteiger partial charge is 0.466 e. The lowest BCUT2D eigenvalue weighted by atomic mass is 9.70. The molecule has 0 saturated carbocycles. The van der Waals surface area contributed by atoms with Crippen molar-refractivity contribution in [1.82, 2.24) is 9.80 Å². The number of amides is 2. The molecule has 3 fully saturated rings. The monoisotopic (exact) mass is 556 g/mol. The molecular formula is C26H41BrN2O6. The molecule has 0 aromatic carbocycles. The third-order valence-corrected chi connectivity index (χ3v) is 8.56. The first-order valence-electron chi connectivity index (χ1n) is 12.9. The van der Waals surface area contributed by atoms with Crippen molar-refractivity contribution in [3.63, 3.8) is 0 Å². The molecule has 1 N–H and O–H groups in total. The Morgan fingerprint density at radius 3 is 2.60 bits per heavy atom. The van der Waals surface area contributed by atoms with Gasteiger partial charge < -0.3 is 24.4 Å². The second-order valence-electron chi connectivity index (χ2n) is 10.5. The number of aliphatic hydroxyl groups is 1. The van der Waals surface area contributed by atoms with E-state index >= 15 is 0 Å². The van der Waals surface area contributed by atoms with Gasteiger partial charge in [0.1, 0.15) is 11.6 Å². The first-order chi connectivity index (χ1) is 16.6. The molecular weight excluding hydrogens is 516 g/mol. The molecule has 3 saturated heterocycles. The molecule has 0 aromatic rings. The molecule has 198 valence electrons. The number of likely N-dealkylation sites (tertiary alicyclic amines) is 1. The summed E-state index contributed by atoms with van der Waals surface area (Å²) >= 11 is 3.67. The van der Waals surface area contributed by atoms with E-state index < -0.39 is 41.6 Å². The third-order valence-electron chi connectivity index (χ3n) is 7.71. The smallest absolute Gasteiger partial charge is 0.312 e. The average molecular weight is 558 g/mol. The van der Waals surface area contributed by atoms with E-state index in [-0.39, 0.29) is 41.8 Å². The van der Waals surface area contributed by atoms with Crippen LogP contribution in [0.2, 0.25) is 0 Å². The van der Waals surface area contributed by atoms with Crippen LogP contribution in [0.25, 0.3) is 0 Å². The van der Waals surface area contributed by atoms with Crippen molar-refractivity contribution in [3.8, 4) is 0 Å². The Bertz CT molecular complexity index is 822. The number of rotatable bonds is 12. The van der Waals surface area contributed by atoms with Crippen molar-refractivity contribution in [2.45, 2.75) is 95.0 Å². The van der Waals surface area contributed by atoms with Crippen molar-refractivity contribution in [1.29, 1.82) is 0 Å². The molecule has 3 aliphatic rings. The minimum absolute atomic E-state index is 0.0604. The number of hydrogen-bond donors (Lipinski definition) is 1. The van der Waals surface area contributed by atoms with Crippen molar-refractivity contribution < 1.29 is 29.0 Å². The first kappa shape index (κ1) is 28.1. The summed E-state index contributed by atoms with van der Waals surface area (Å²) in [6, 6.07) is -1.54. The molecule has 0 aromatic heterocycles. The van der Waals surface area contributed by atoms with E-state index in [4.69, 9.17) is 9.47 Å². The van der Waals surface area contributed by atoms with Crippen molar-refractivity contribution in [3.05, 3.63) is 12.7 Å². The average Bonchev–Trinajstić information content (AvgIpc) is 3.39. The predicted molar refractivity (Wildman–Crippen MR) is 136 cm³/mol. The van der Waals surface area contributed by atoms with Crippen LogP contribution in [0.3, 0.4) is 0 Å². The highest BCUT2D eigenvalue weighted by atomic mass is 79.9. The fraction of sp³-hybridized carbons (Fsp3) is 0.808. The van der Waals surface area contributed by atoms with Gasteiger partial charge in [-0.3, -0.25) is 14.4 Å². The number of fused-ring (bicyclic) bond motifs is 1. The molecule has 3 heterocycles. The number of alkyl halides is 1. The Morgan fingerprint density at radius 1 is 1.37 bits per heavy atom.